The van der Waals surface area contributed by atoms with Crippen LogP contribution in [-0.4, -0.2) is 40.0 Å². The lowest BCUT2D eigenvalue weighted by Gasteiger charge is -2.35. The van der Waals surface area contributed by atoms with Gasteiger partial charge < -0.3 is 15.7 Å². The van der Waals surface area contributed by atoms with E-state index in [9.17, 15) is 14.7 Å². The van der Waals surface area contributed by atoms with E-state index < -0.39 is 17.6 Å². The summed E-state index contributed by atoms with van der Waals surface area (Å²) in [5.41, 5.74) is 5.96. The first-order chi connectivity index (χ1) is 10.0. The van der Waals surface area contributed by atoms with Gasteiger partial charge in [0.2, 0.25) is 5.91 Å². The van der Waals surface area contributed by atoms with Crippen LogP contribution in [0.25, 0.3) is 0 Å². The summed E-state index contributed by atoms with van der Waals surface area (Å²) in [6.07, 6.45) is 8.55. The van der Waals surface area contributed by atoms with Gasteiger partial charge in [0.15, 0.2) is 0 Å². The van der Waals surface area contributed by atoms with Gasteiger partial charge in [-0.25, -0.2) is 4.79 Å². The molecule has 2 aliphatic carbocycles. The van der Waals surface area contributed by atoms with Crippen LogP contribution in [0, 0.1) is 11.8 Å². The highest BCUT2D eigenvalue weighted by Gasteiger charge is 2.50. The Morgan fingerprint density at radius 3 is 2.52 bits per heavy atom. The number of amides is 1. The molecular formula is C16H26N2O3. The second-order valence-corrected chi connectivity index (χ2v) is 7.28. The van der Waals surface area contributed by atoms with Crippen molar-refractivity contribution in [1.82, 2.24) is 4.90 Å². The zero-order valence-corrected chi connectivity index (χ0v) is 12.6. The zero-order valence-electron chi connectivity index (χ0n) is 12.6. The van der Waals surface area contributed by atoms with Gasteiger partial charge >= 0.3 is 5.97 Å². The van der Waals surface area contributed by atoms with E-state index in [-0.39, 0.29) is 11.8 Å². The number of fused-ring (bicyclic) bond motifs is 1. The minimum atomic E-state index is -0.840. The molecule has 0 aromatic carbocycles. The predicted molar refractivity (Wildman–Crippen MR) is 78.6 cm³/mol. The predicted octanol–water partition coefficient (Wildman–Crippen LogP) is 1.75. The number of carbonyl (C=O) groups excluding carboxylic acids is 1. The molecule has 0 aromatic rings. The molecule has 5 nitrogen and oxygen atoms in total. The zero-order chi connectivity index (χ0) is 15.0. The molecule has 1 amide bonds. The maximum absolute atomic E-state index is 12.6. The van der Waals surface area contributed by atoms with Crippen LogP contribution in [0.2, 0.25) is 0 Å². The van der Waals surface area contributed by atoms with E-state index in [0.717, 1.165) is 44.9 Å². The standard InChI is InChI=1S/C16H26N2O3/c17-16(7-2-1-3-8-16)9-13(19)18-10-11-5-4-6-12(11)14(18)15(20)21/h11-12,14H,1-10,17H2,(H,20,21). The fourth-order valence-electron chi connectivity index (χ4n) is 4.71. The molecule has 2 saturated carbocycles. The molecule has 21 heavy (non-hydrogen) atoms. The van der Waals surface area contributed by atoms with E-state index in [0.29, 0.717) is 18.9 Å². The SMILES string of the molecule is NC1(CC(=O)N2CC3CCCC3C2C(=O)O)CCCCC1. The van der Waals surface area contributed by atoms with Crippen molar-refractivity contribution in [2.45, 2.75) is 69.4 Å². The second-order valence-electron chi connectivity index (χ2n) is 7.28. The molecule has 3 rings (SSSR count). The Morgan fingerprint density at radius 2 is 1.86 bits per heavy atom. The molecule has 1 saturated heterocycles. The van der Waals surface area contributed by atoms with E-state index in [1.54, 1.807) is 4.90 Å². The quantitative estimate of drug-likeness (QED) is 0.830. The first-order valence-corrected chi connectivity index (χ1v) is 8.31. The number of nitrogens with two attached hydrogens (primary N) is 1. The normalized spacial score (nSPS) is 34.7. The molecule has 3 aliphatic rings. The van der Waals surface area contributed by atoms with Crippen LogP contribution in [0.1, 0.15) is 57.8 Å². The van der Waals surface area contributed by atoms with Gasteiger partial charge in [0.05, 0.1) is 0 Å². The Labute approximate surface area is 125 Å². The van der Waals surface area contributed by atoms with Crippen molar-refractivity contribution in [2.24, 2.45) is 17.6 Å². The monoisotopic (exact) mass is 294 g/mol. The van der Waals surface area contributed by atoms with Crippen molar-refractivity contribution in [3.8, 4) is 0 Å². The van der Waals surface area contributed by atoms with E-state index in [1.165, 1.54) is 6.42 Å². The number of carboxylic acid groups (broad SMARTS) is 1. The van der Waals surface area contributed by atoms with Crippen LogP contribution in [-0.2, 0) is 9.59 Å². The van der Waals surface area contributed by atoms with Crippen LogP contribution in [0.3, 0.4) is 0 Å². The van der Waals surface area contributed by atoms with Crippen LogP contribution >= 0.6 is 0 Å². The number of hydrogen-bond donors (Lipinski definition) is 2. The Balaban J connectivity index is 1.70. The first-order valence-electron chi connectivity index (χ1n) is 8.31. The molecule has 118 valence electrons. The van der Waals surface area contributed by atoms with Gasteiger partial charge in [-0.3, -0.25) is 4.79 Å². The number of carbonyl (C=O) groups is 2. The Morgan fingerprint density at radius 1 is 1.14 bits per heavy atom. The lowest BCUT2D eigenvalue weighted by atomic mass is 9.80. The lowest BCUT2D eigenvalue weighted by Crippen LogP contribution is -2.50. The van der Waals surface area contributed by atoms with E-state index in [1.807, 2.05) is 0 Å². The van der Waals surface area contributed by atoms with Gasteiger partial charge in [0.1, 0.15) is 6.04 Å². The van der Waals surface area contributed by atoms with Gasteiger partial charge in [-0.15, -0.1) is 0 Å². The molecule has 1 aliphatic heterocycles. The Bertz CT molecular complexity index is 431. The topological polar surface area (TPSA) is 83.6 Å². The van der Waals surface area contributed by atoms with Crippen molar-refractivity contribution in [3.05, 3.63) is 0 Å². The molecule has 0 spiro atoms. The van der Waals surface area contributed by atoms with Crippen molar-refractivity contribution in [1.29, 1.82) is 0 Å². The summed E-state index contributed by atoms with van der Waals surface area (Å²) in [7, 11) is 0. The van der Waals surface area contributed by atoms with Crippen molar-refractivity contribution in [2.75, 3.05) is 6.54 Å². The number of nitrogens with zero attached hydrogens (tertiary/aromatic N) is 1. The van der Waals surface area contributed by atoms with Crippen LogP contribution in [0.4, 0.5) is 0 Å². The molecular weight excluding hydrogens is 268 g/mol. The van der Waals surface area contributed by atoms with E-state index >= 15 is 0 Å². The van der Waals surface area contributed by atoms with Crippen LogP contribution < -0.4 is 5.73 Å². The average Bonchev–Trinajstić information content (AvgIpc) is 2.97. The lowest BCUT2D eigenvalue weighted by molar-refractivity contribution is -0.150. The molecule has 1 heterocycles. The van der Waals surface area contributed by atoms with Crippen LogP contribution in [0.5, 0.6) is 0 Å². The number of aliphatic carboxylic acids is 1. The number of rotatable bonds is 3. The largest absolute Gasteiger partial charge is 0.480 e. The fraction of sp³-hybridized carbons (Fsp3) is 0.875. The molecule has 0 bridgehead atoms. The Kier molecular flexibility index (Phi) is 3.95. The molecule has 0 radical (unpaired) electrons. The van der Waals surface area contributed by atoms with Gasteiger partial charge in [0, 0.05) is 18.5 Å². The first kappa shape index (κ1) is 14.8. The van der Waals surface area contributed by atoms with Gasteiger partial charge in [0.25, 0.3) is 0 Å². The minimum Gasteiger partial charge on any atom is -0.480 e. The van der Waals surface area contributed by atoms with Crippen LogP contribution in [0.15, 0.2) is 0 Å². The summed E-state index contributed by atoms with van der Waals surface area (Å²) in [6, 6.07) is -0.614. The molecule has 5 heteroatoms. The summed E-state index contributed by atoms with van der Waals surface area (Å²) in [4.78, 5) is 25.9. The summed E-state index contributed by atoms with van der Waals surface area (Å²) in [5, 5.41) is 9.52. The van der Waals surface area contributed by atoms with Gasteiger partial charge in [-0.05, 0) is 37.5 Å². The minimum absolute atomic E-state index is 0.0406. The second kappa shape index (κ2) is 5.59. The molecule has 3 atom stereocenters. The van der Waals surface area contributed by atoms with Gasteiger partial charge in [-0.1, -0.05) is 25.7 Å². The molecule has 3 N–H and O–H groups in total. The van der Waals surface area contributed by atoms with Crippen molar-refractivity contribution in [3.63, 3.8) is 0 Å². The summed E-state index contributed by atoms with van der Waals surface area (Å²) < 4.78 is 0. The van der Waals surface area contributed by atoms with Gasteiger partial charge in [-0.2, -0.15) is 0 Å². The highest BCUT2D eigenvalue weighted by Crippen LogP contribution is 2.43. The third-order valence-electron chi connectivity index (χ3n) is 5.82. The highest BCUT2D eigenvalue weighted by atomic mass is 16.4. The highest BCUT2D eigenvalue weighted by molar-refractivity contribution is 5.85. The summed E-state index contributed by atoms with van der Waals surface area (Å²) in [5.74, 6) is -0.338. The van der Waals surface area contributed by atoms with E-state index in [2.05, 4.69) is 0 Å². The third-order valence-corrected chi connectivity index (χ3v) is 5.82. The molecule has 3 fully saturated rings. The number of carboxylic acids is 1. The van der Waals surface area contributed by atoms with Crippen molar-refractivity contribution >= 4 is 11.9 Å². The Hall–Kier alpha value is -1.10. The third kappa shape index (κ3) is 2.80. The molecule has 3 unspecified atom stereocenters. The van der Waals surface area contributed by atoms with Crippen molar-refractivity contribution < 1.29 is 14.7 Å². The summed E-state index contributed by atoms with van der Waals surface area (Å²) >= 11 is 0. The number of hydrogen-bond acceptors (Lipinski definition) is 3. The molecule has 0 aromatic heterocycles. The van der Waals surface area contributed by atoms with E-state index in [4.69, 9.17) is 5.73 Å². The maximum atomic E-state index is 12.6. The fourth-order valence-corrected chi connectivity index (χ4v) is 4.71. The number of likely N-dealkylation sites (tertiary alicyclic amines) is 1. The maximum Gasteiger partial charge on any atom is 0.326 e. The smallest absolute Gasteiger partial charge is 0.326 e. The summed E-state index contributed by atoms with van der Waals surface area (Å²) in [6.45, 7) is 0.622. The average molecular weight is 294 g/mol.